The Morgan fingerprint density at radius 1 is 0.960 bits per heavy atom. The minimum Gasteiger partial charge on any atom is -0.366 e. The lowest BCUT2D eigenvalue weighted by Gasteiger charge is -2.11. The standard InChI is InChI=1S/C20H19ClN4/c21-16-8-6-14(7-9-16)13-22-19-12-18(15-4-2-1-3-5-15)24-20(25-19)23-17-10-11-17/h1-9,12,17H,10-11,13H2,(H2,22,23,24,25). The fourth-order valence-electron chi connectivity index (χ4n) is 2.56. The van der Waals surface area contributed by atoms with Crippen LogP contribution in [-0.2, 0) is 6.54 Å². The third-order valence-corrected chi connectivity index (χ3v) is 4.35. The molecule has 25 heavy (non-hydrogen) atoms. The van der Waals surface area contributed by atoms with E-state index in [2.05, 4.69) is 32.7 Å². The molecule has 3 aromatic rings. The summed E-state index contributed by atoms with van der Waals surface area (Å²) in [7, 11) is 0. The first-order chi connectivity index (χ1) is 12.3. The van der Waals surface area contributed by atoms with Gasteiger partial charge in [0.15, 0.2) is 0 Å². The summed E-state index contributed by atoms with van der Waals surface area (Å²) < 4.78 is 0. The molecule has 4 nitrogen and oxygen atoms in total. The molecule has 0 atom stereocenters. The van der Waals surface area contributed by atoms with Crippen LogP contribution >= 0.6 is 11.6 Å². The highest BCUT2D eigenvalue weighted by Crippen LogP contribution is 2.26. The Kier molecular flexibility index (Phi) is 4.53. The zero-order chi connectivity index (χ0) is 17.1. The highest BCUT2D eigenvalue weighted by Gasteiger charge is 2.22. The van der Waals surface area contributed by atoms with Gasteiger partial charge in [-0.05, 0) is 30.5 Å². The molecule has 1 saturated carbocycles. The van der Waals surface area contributed by atoms with Crippen LogP contribution in [0.25, 0.3) is 11.3 Å². The van der Waals surface area contributed by atoms with E-state index in [1.165, 1.54) is 12.8 Å². The molecule has 1 fully saturated rings. The van der Waals surface area contributed by atoms with Crippen LogP contribution in [0.5, 0.6) is 0 Å². The van der Waals surface area contributed by atoms with Gasteiger partial charge in [-0.25, -0.2) is 4.98 Å². The van der Waals surface area contributed by atoms with Gasteiger partial charge in [-0.15, -0.1) is 0 Å². The molecule has 1 aliphatic carbocycles. The van der Waals surface area contributed by atoms with Gasteiger partial charge in [0.05, 0.1) is 5.69 Å². The van der Waals surface area contributed by atoms with Gasteiger partial charge in [-0.2, -0.15) is 4.98 Å². The number of aromatic nitrogens is 2. The first-order valence-corrected chi connectivity index (χ1v) is 8.83. The second-order valence-corrected chi connectivity index (χ2v) is 6.66. The Balaban J connectivity index is 1.57. The third kappa shape index (κ3) is 4.28. The van der Waals surface area contributed by atoms with Crippen LogP contribution in [0.1, 0.15) is 18.4 Å². The zero-order valence-corrected chi connectivity index (χ0v) is 14.5. The largest absolute Gasteiger partial charge is 0.366 e. The maximum absolute atomic E-state index is 5.94. The molecule has 2 N–H and O–H groups in total. The van der Waals surface area contributed by atoms with Crippen molar-refractivity contribution in [2.75, 3.05) is 10.6 Å². The first-order valence-electron chi connectivity index (χ1n) is 8.46. The molecule has 2 aromatic carbocycles. The number of hydrogen-bond acceptors (Lipinski definition) is 4. The lowest BCUT2D eigenvalue weighted by Crippen LogP contribution is -2.09. The molecule has 0 saturated heterocycles. The highest BCUT2D eigenvalue weighted by molar-refractivity contribution is 6.30. The van der Waals surface area contributed by atoms with Gasteiger partial charge < -0.3 is 10.6 Å². The maximum Gasteiger partial charge on any atom is 0.225 e. The molecule has 1 aliphatic rings. The summed E-state index contributed by atoms with van der Waals surface area (Å²) in [6.07, 6.45) is 2.37. The van der Waals surface area contributed by atoms with Gasteiger partial charge in [-0.1, -0.05) is 54.1 Å². The number of nitrogens with zero attached hydrogens (tertiary/aromatic N) is 2. The maximum atomic E-state index is 5.94. The molecule has 126 valence electrons. The van der Waals surface area contributed by atoms with Crippen molar-refractivity contribution in [2.45, 2.75) is 25.4 Å². The van der Waals surface area contributed by atoms with Gasteiger partial charge in [0, 0.05) is 29.2 Å². The van der Waals surface area contributed by atoms with Gasteiger partial charge in [-0.3, -0.25) is 0 Å². The lowest BCUT2D eigenvalue weighted by atomic mass is 10.1. The van der Waals surface area contributed by atoms with E-state index >= 15 is 0 Å². The van der Waals surface area contributed by atoms with Crippen molar-refractivity contribution >= 4 is 23.4 Å². The Hall–Kier alpha value is -2.59. The number of hydrogen-bond donors (Lipinski definition) is 2. The molecule has 1 heterocycles. The summed E-state index contributed by atoms with van der Waals surface area (Å²) in [5.41, 5.74) is 3.15. The van der Waals surface area contributed by atoms with Crippen LogP contribution in [0, 0.1) is 0 Å². The summed E-state index contributed by atoms with van der Waals surface area (Å²) >= 11 is 5.94. The minimum atomic E-state index is 0.509. The van der Waals surface area contributed by atoms with Crippen LogP contribution < -0.4 is 10.6 Å². The molecule has 1 aromatic heterocycles. The molecule has 0 unspecified atom stereocenters. The van der Waals surface area contributed by atoms with Gasteiger partial charge in [0.2, 0.25) is 5.95 Å². The van der Waals surface area contributed by atoms with Crippen molar-refractivity contribution in [3.8, 4) is 11.3 Å². The fourth-order valence-corrected chi connectivity index (χ4v) is 2.69. The predicted molar refractivity (Wildman–Crippen MR) is 103 cm³/mol. The zero-order valence-electron chi connectivity index (χ0n) is 13.7. The van der Waals surface area contributed by atoms with Crippen LogP contribution in [0.4, 0.5) is 11.8 Å². The molecule has 0 bridgehead atoms. The Bertz CT molecular complexity index is 845. The molecule has 4 rings (SSSR count). The van der Waals surface area contributed by atoms with Crippen LogP contribution in [0.2, 0.25) is 5.02 Å². The van der Waals surface area contributed by atoms with Crippen molar-refractivity contribution < 1.29 is 0 Å². The molecule has 0 spiro atoms. The Morgan fingerprint density at radius 2 is 1.72 bits per heavy atom. The van der Waals surface area contributed by atoms with E-state index in [9.17, 15) is 0 Å². The number of benzene rings is 2. The summed E-state index contributed by atoms with van der Waals surface area (Å²) in [5, 5.41) is 7.53. The molecule has 0 amide bonds. The quantitative estimate of drug-likeness (QED) is 0.658. The molecule has 0 radical (unpaired) electrons. The molecule has 5 heteroatoms. The Morgan fingerprint density at radius 3 is 2.44 bits per heavy atom. The average molecular weight is 351 g/mol. The number of nitrogens with one attached hydrogen (secondary N) is 2. The molecule has 0 aliphatic heterocycles. The molecular formula is C20H19ClN4. The second-order valence-electron chi connectivity index (χ2n) is 6.23. The predicted octanol–water partition coefficient (Wildman–Crippen LogP) is 4.98. The van der Waals surface area contributed by atoms with Crippen molar-refractivity contribution in [1.82, 2.24) is 9.97 Å². The van der Waals surface area contributed by atoms with Gasteiger partial charge >= 0.3 is 0 Å². The minimum absolute atomic E-state index is 0.509. The van der Waals surface area contributed by atoms with E-state index in [4.69, 9.17) is 11.6 Å². The van der Waals surface area contributed by atoms with Crippen molar-refractivity contribution in [1.29, 1.82) is 0 Å². The number of halogens is 1. The smallest absolute Gasteiger partial charge is 0.225 e. The lowest BCUT2D eigenvalue weighted by molar-refractivity contribution is 1.04. The van der Waals surface area contributed by atoms with E-state index in [0.29, 0.717) is 18.5 Å². The average Bonchev–Trinajstić information content (AvgIpc) is 3.46. The molecular weight excluding hydrogens is 332 g/mol. The normalized spacial score (nSPS) is 13.5. The topological polar surface area (TPSA) is 49.8 Å². The van der Waals surface area contributed by atoms with Crippen LogP contribution in [-0.4, -0.2) is 16.0 Å². The van der Waals surface area contributed by atoms with Crippen LogP contribution in [0.3, 0.4) is 0 Å². The van der Waals surface area contributed by atoms with E-state index in [-0.39, 0.29) is 0 Å². The third-order valence-electron chi connectivity index (χ3n) is 4.09. The Labute approximate surface area is 152 Å². The van der Waals surface area contributed by atoms with E-state index in [0.717, 1.165) is 27.7 Å². The van der Waals surface area contributed by atoms with Gasteiger partial charge in [0.25, 0.3) is 0 Å². The monoisotopic (exact) mass is 350 g/mol. The van der Waals surface area contributed by atoms with Gasteiger partial charge in [0.1, 0.15) is 5.82 Å². The summed E-state index contributed by atoms with van der Waals surface area (Å²) in [6, 6.07) is 20.5. The van der Waals surface area contributed by atoms with E-state index in [1.54, 1.807) is 0 Å². The summed E-state index contributed by atoms with van der Waals surface area (Å²) in [6.45, 7) is 0.686. The summed E-state index contributed by atoms with van der Waals surface area (Å²) in [4.78, 5) is 9.28. The van der Waals surface area contributed by atoms with Crippen LogP contribution in [0.15, 0.2) is 60.7 Å². The fraction of sp³-hybridized carbons (Fsp3) is 0.200. The first kappa shape index (κ1) is 15.9. The van der Waals surface area contributed by atoms with Crippen molar-refractivity contribution in [3.05, 3.63) is 71.2 Å². The number of anilines is 2. The van der Waals surface area contributed by atoms with E-state index < -0.39 is 0 Å². The summed E-state index contributed by atoms with van der Waals surface area (Å²) in [5.74, 6) is 1.49. The second kappa shape index (κ2) is 7.11. The van der Waals surface area contributed by atoms with E-state index in [1.807, 2.05) is 48.5 Å². The number of rotatable bonds is 6. The van der Waals surface area contributed by atoms with Crippen molar-refractivity contribution in [2.24, 2.45) is 0 Å². The highest BCUT2D eigenvalue weighted by atomic mass is 35.5. The van der Waals surface area contributed by atoms with Crippen molar-refractivity contribution in [3.63, 3.8) is 0 Å². The SMILES string of the molecule is Clc1ccc(CNc2cc(-c3ccccc3)nc(NC3CC3)n2)cc1.